The molecule has 3 aromatic rings. The molecule has 2 aromatic heterocycles. The number of aromatic nitrogens is 3. The summed E-state index contributed by atoms with van der Waals surface area (Å²) in [4.78, 5) is 11.9. The number of H-pyrrole nitrogens is 1. The van der Waals surface area contributed by atoms with E-state index in [9.17, 15) is 4.79 Å². The van der Waals surface area contributed by atoms with Gasteiger partial charge >= 0.3 is 0 Å². The molecule has 0 aliphatic carbocycles. The van der Waals surface area contributed by atoms with Crippen molar-refractivity contribution in [3.8, 4) is 11.3 Å². The lowest BCUT2D eigenvalue weighted by atomic mass is 10.1. The van der Waals surface area contributed by atoms with E-state index < -0.39 is 0 Å². The lowest BCUT2D eigenvalue weighted by Crippen LogP contribution is -3.00. The van der Waals surface area contributed by atoms with Crippen molar-refractivity contribution in [3.63, 3.8) is 0 Å². The molecule has 0 saturated carbocycles. The maximum Gasteiger partial charge on any atom is 0.285 e. The largest absolute Gasteiger partial charge is 1.00 e. The van der Waals surface area contributed by atoms with Gasteiger partial charge in [-0.05, 0) is 24.1 Å². The molecule has 5 nitrogen and oxygen atoms in total. The highest BCUT2D eigenvalue weighted by Gasteiger charge is 2.12. The van der Waals surface area contributed by atoms with Crippen LogP contribution in [0.15, 0.2) is 60.9 Å². The Labute approximate surface area is 159 Å². The first-order valence-corrected chi connectivity index (χ1v) is 8.59. The number of aromatic amines is 1. The second-order valence-corrected chi connectivity index (χ2v) is 6.05. The number of pyridine rings is 1. The molecule has 0 aliphatic heterocycles. The van der Waals surface area contributed by atoms with Crippen LogP contribution in [0, 0.1) is 0 Å². The van der Waals surface area contributed by atoms with Crippen LogP contribution in [0.3, 0.4) is 0 Å². The lowest BCUT2D eigenvalue weighted by molar-refractivity contribution is -0.684. The topological polar surface area (TPSA) is 61.7 Å². The highest BCUT2D eigenvalue weighted by molar-refractivity contribution is 5.74. The van der Waals surface area contributed by atoms with Crippen LogP contribution in [0.5, 0.6) is 0 Å². The van der Waals surface area contributed by atoms with Crippen LogP contribution >= 0.6 is 0 Å². The minimum Gasteiger partial charge on any atom is -1.00 e. The molecule has 2 heterocycles. The molecule has 136 valence electrons. The van der Waals surface area contributed by atoms with Crippen molar-refractivity contribution in [2.45, 2.75) is 26.3 Å². The summed E-state index contributed by atoms with van der Waals surface area (Å²) < 4.78 is 1.89. The maximum atomic E-state index is 11.9. The van der Waals surface area contributed by atoms with E-state index in [1.807, 2.05) is 54.2 Å². The van der Waals surface area contributed by atoms with Crippen molar-refractivity contribution in [1.29, 1.82) is 0 Å². The van der Waals surface area contributed by atoms with E-state index in [1.54, 1.807) is 0 Å². The molecule has 2 N–H and O–H groups in total. The van der Waals surface area contributed by atoms with Crippen LogP contribution in [0.4, 0.5) is 0 Å². The quantitative estimate of drug-likeness (QED) is 0.550. The fourth-order valence-electron chi connectivity index (χ4n) is 2.67. The van der Waals surface area contributed by atoms with Crippen molar-refractivity contribution >= 4 is 5.91 Å². The summed E-state index contributed by atoms with van der Waals surface area (Å²) in [6.45, 7) is 3.07. The predicted molar refractivity (Wildman–Crippen MR) is 96.8 cm³/mol. The average Bonchev–Trinajstić information content (AvgIpc) is 3.09. The van der Waals surface area contributed by atoms with Crippen LogP contribution in [0.2, 0.25) is 0 Å². The number of nitrogens with one attached hydrogen (secondary N) is 2. The van der Waals surface area contributed by atoms with E-state index in [2.05, 4.69) is 33.7 Å². The van der Waals surface area contributed by atoms with Crippen LogP contribution < -0.4 is 22.3 Å². The van der Waals surface area contributed by atoms with Gasteiger partial charge in [0.15, 0.2) is 12.4 Å². The minimum atomic E-state index is 0. The molecule has 0 unspecified atom stereocenters. The number of nitrogens with zero attached hydrogens (tertiary/aromatic N) is 2. The highest BCUT2D eigenvalue weighted by Crippen LogP contribution is 2.17. The average molecular weight is 371 g/mol. The monoisotopic (exact) mass is 370 g/mol. The molecule has 0 aliphatic rings. The van der Waals surface area contributed by atoms with Gasteiger partial charge < -0.3 is 17.7 Å². The van der Waals surface area contributed by atoms with Gasteiger partial charge in [-0.3, -0.25) is 9.89 Å². The van der Waals surface area contributed by atoms with Gasteiger partial charge in [0.05, 0.1) is 17.0 Å². The van der Waals surface area contributed by atoms with Crippen LogP contribution in [0.1, 0.15) is 24.6 Å². The summed E-state index contributed by atoms with van der Waals surface area (Å²) in [5.74, 6) is 0.0263. The van der Waals surface area contributed by atoms with E-state index in [0.717, 1.165) is 29.8 Å². The summed E-state index contributed by atoms with van der Waals surface area (Å²) in [7, 11) is 0. The maximum absolute atomic E-state index is 11.9. The Morgan fingerprint density at radius 3 is 2.77 bits per heavy atom. The van der Waals surface area contributed by atoms with Gasteiger partial charge in [0.25, 0.3) is 5.91 Å². The Balaban J connectivity index is 0.00000243. The Morgan fingerprint density at radius 2 is 2.00 bits per heavy atom. The Kier molecular flexibility index (Phi) is 7.36. The normalized spacial score (nSPS) is 10.2. The molecule has 0 bridgehead atoms. The molecule has 6 heteroatoms. The number of benzene rings is 1. The molecule has 0 spiro atoms. The summed E-state index contributed by atoms with van der Waals surface area (Å²) in [5.41, 5.74) is 4.19. The van der Waals surface area contributed by atoms with E-state index in [-0.39, 0.29) is 18.3 Å². The fourth-order valence-corrected chi connectivity index (χ4v) is 2.67. The van der Waals surface area contributed by atoms with Crippen LogP contribution in [-0.4, -0.2) is 22.6 Å². The Morgan fingerprint density at radius 1 is 1.19 bits per heavy atom. The highest BCUT2D eigenvalue weighted by atomic mass is 35.5. The summed E-state index contributed by atoms with van der Waals surface area (Å²) in [6.07, 6.45) is 5.60. The van der Waals surface area contributed by atoms with Crippen LogP contribution in [0.25, 0.3) is 11.3 Å². The van der Waals surface area contributed by atoms with Gasteiger partial charge in [-0.15, -0.1) is 0 Å². The second-order valence-electron chi connectivity index (χ2n) is 6.05. The smallest absolute Gasteiger partial charge is 0.285 e. The van der Waals surface area contributed by atoms with Crippen molar-refractivity contribution < 1.29 is 21.8 Å². The Hall–Kier alpha value is -2.66. The van der Waals surface area contributed by atoms with Gasteiger partial charge in [-0.25, -0.2) is 0 Å². The standard InChI is InChI=1S/C20H22N4O.ClH/c1-2-10-21-20(25)15-24-11-6-9-17(14-24)19-13-18(22-23-19)12-16-7-4-3-5-8-16;/h3-9,11,13-14H,2,10,12,15H2,1H3,(H-,21,22,23,25);1H. The van der Waals surface area contributed by atoms with Gasteiger partial charge in [0.1, 0.15) is 0 Å². The van der Waals surface area contributed by atoms with Crippen molar-refractivity contribution in [2.24, 2.45) is 0 Å². The molecule has 0 atom stereocenters. The van der Waals surface area contributed by atoms with E-state index in [0.29, 0.717) is 13.1 Å². The van der Waals surface area contributed by atoms with Gasteiger partial charge in [0.2, 0.25) is 6.54 Å². The summed E-state index contributed by atoms with van der Waals surface area (Å²) in [6, 6.07) is 16.3. The number of halogens is 1. The van der Waals surface area contributed by atoms with Gasteiger partial charge in [-0.2, -0.15) is 9.67 Å². The number of hydrogen-bond donors (Lipinski definition) is 2. The van der Waals surface area contributed by atoms with Crippen molar-refractivity contribution in [1.82, 2.24) is 15.5 Å². The molecule has 0 fully saturated rings. The summed E-state index contributed by atoms with van der Waals surface area (Å²) in [5, 5.41) is 10.4. The first-order valence-electron chi connectivity index (χ1n) is 8.59. The fraction of sp³-hybridized carbons (Fsp3) is 0.250. The molecule has 3 rings (SSSR count). The second kappa shape index (κ2) is 9.73. The molecular formula is C20H23ClN4O. The van der Waals surface area contributed by atoms with Gasteiger partial charge in [0, 0.05) is 19.0 Å². The van der Waals surface area contributed by atoms with Gasteiger partial charge in [-0.1, -0.05) is 37.3 Å². The predicted octanol–water partition coefficient (Wildman–Crippen LogP) is -0.515. The molecule has 0 saturated heterocycles. The molecule has 1 aromatic carbocycles. The zero-order valence-electron chi connectivity index (χ0n) is 14.8. The Bertz CT molecular complexity index is 833. The first kappa shape index (κ1) is 19.7. The molecule has 1 amide bonds. The third-order valence-electron chi connectivity index (χ3n) is 3.93. The zero-order chi connectivity index (χ0) is 17.5. The van der Waals surface area contributed by atoms with E-state index in [1.165, 1.54) is 5.56 Å². The number of hydrogen-bond acceptors (Lipinski definition) is 2. The minimum absolute atomic E-state index is 0. The number of carbonyl (C=O) groups excluding carboxylic acids is 1. The molecule has 26 heavy (non-hydrogen) atoms. The third kappa shape index (κ3) is 5.43. The van der Waals surface area contributed by atoms with Crippen molar-refractivity contribution in [2.75, 3.05) is 6.54 Å². The van der Waals surface area contributed by atoms with E-state index in [4.69, 9.17) is 0 Å². The first-order chi connectivity index (χ1) is 12.2. The number of carbonyl (C=O) groups is 1. The number of amides is 1. The molecule has 0 radical (unpaired) electrons. The van der Waals surface area contributed by atoms with Crippen molar-refractivity contribution in [3.05, 3.63) is 72.2 Å². The third-order valence-corrected chi connectivity index (χ3v) is 3.93. The van der Waals surface area contributed by atoms with E-state index >= 15 is 0 Å². The lowest BCUT2D eigenvalue weighted by Gasteiger charge is -2.01. The zero-order valence-corrected chi connectivity index (χ0v) is 15.5. The molecular weight excluding hydrogens is 348 g/mol. The van der Waals surface area contributed by atoms with Crippen LogP contribution in [-0.2, 0) is 17.8 Å². The number of rotatable bonds is 7. The SMILES string of the molecule is CCCNC(=O)C[n+]1cccc(-c2cc(Cc3ccccc3)n[nH]2)c1.[Cl-]. The summed E-state index contributed by atoms with van der Waals surface area (Å²) >= 11 is 0.